The summed E-state index contributed by atoms with van der Waals surface area (Å²) in [5.41, 5.74) is -0.0749. The van der Waals surface area contributed by atoms with Crippen molar-refractivity contribution in [2.75, 3.05) is 33.3 Å². The summed E-state index contributed by atoms with van der Waals surface area (Å²) in [6.07, 6.45) is 3.47. The topological polar surface area (TPSA) is 61.9 Å². The van der Waals surface area contributed by atoms with Crippen LogP contribution in [0.25, 0.3) is 0 Å². The highest BCUT2D eigenvalue weighted by molar-refractivity contribution is 5.85. The van der Waals surface area contributed by atoms with Crippen LogP contribution < -0.4 is 5.32 Å². The Labute approximate surface area is 137 Å². The average molecular weight is 332 g/mol. The summed E-state index contributed by atoms with van der Waals surface area (Å²) in [7, 11) is 1.45. The average Bonchev–Trinajstić information content (AvgIpc) is 2.78. The van der Waals surface area contributed by atoms with Crippen LogP contribution in [-0.2, 0) is 9.53 Å². The van der Waals surface area contributed by atoms with E-state index in [9.17, 15) is 9.59 Å². The number of carbonyl (C=O) groups excluding carboxylic acids is 2. The Kier molecular flexibility index (Phi) is 5.22. The molecule has 0 bridgehead atoms. The molecule has 1 N–H and O–H groups in total. The van der Waals surface area contributed by atoms with Gasteiger partial charge in [0.1, 0.15) is 0 Å². The zero-order valence-electron chi connectivity index (χ0n) is 13.3. The predicted molar refractivity (Wildman–Crippen MR) is 85.1 cm³/mol. The zero-order valence-corrected chi connectivity index (χ0v) is 14.2. The van der Waals surface area contributed by atoms with Gasteiger partial charge in [0, 0.05) is 32.2 Å². The molecule has 2 heterocycles. The number of esters is 1. The fraction of sp³-hybridized carbons (Fsp3) is 0.867. The fourth-order valence-corrected chi connectivity index (χ4v) is 4.05. The van der Waals surface area contributed by atoms with E-state index in [2.05, 4.69) is 12.2 Å². The number of ether oxygens (including phenoxy) is 1. The van der Waals surface area contributed by atoms with E-state index in [0.29, 0.717) is 0 Å². The number of nitrogens with zero attached hydrogens (tertiary/aromatic N) is 2. The molecular formula is C15H26ClN3O3. The molecule has 3 fully saturated rings. The number of halogens is 1. The number of fused-ring (bicyclic) bond motifs is 1. The highest BCUT2D eigenvalue weighted by Gasteiger charge is 2.49. The molecule has 0 aromatic heterocycles. The number of carbonyl (C=O) groups is 2. The van der Waals surface area contributed by atoms with Crippen LogP contribution >= 0.6 is 12.4 Å². The first-order valence-corrected chi connectivity index (χ1v) is 7.92. The van der Waals surface area contributed by atoms with Crippen LogP contribution in [0.1, 0.15) is 32.6 Å². The van der Waals surface area contributed by atoms with Crippen molar-refractivity contribution in [2.45, 2.75) is 44.2 Å². The van der Waals surface area contributed by atoms with Crippen LogP contribution in [0.5, 0.6) is 0 Å². The molecule has 3 aliphatic rings. The molecule has 0 unspecified atom stereocenters. The predicted octanol–water partition coefficient (Wildman–Crippen LogP) is 1.24. The summed E-state index contributed by atoms with van der Waals surface area (Å²) in [5, 5.41) is 3.39. The van der Waals surface area contributed by atoms with Gasteiger partial charge in [-0.1, -0.05) is 0 Å². The Morgan fingerprint density at radius 2 is 2.00 bits per heavy atom. The Hall–Kier alpha value is -1.01. The number of hydrogen-bond donors (Lipinski definition) is 1. The van der Waals surface area contributed by atoms with Crippen LogP contribution in [-0.4, -0.2) is 66.7 Å². The second kappa shape index (κ2) is 6.62. The van der Waals surface area contributed by atoms with Crippen LogP contribution in [0.4, 0.5) is 4.79 Å². The summed E-state index contributed by atoms with van der Waals surface area (Å²) in [6.45, 7) is 5.50. The molecule has 2 aliphatic heterocycles. The van der Waals surface area contributed by atoms with Gasteiger partial charge in [-0.3, -0.25) is 4.79 Å². The molecule has 7 heteroatoms. The van der Waals surface area contributed by atoms with Gasteiger partial charge in [0.05, 0.1) is 18.6 Å². The number of methoxy groups -OCH3 is 1. The molecule has 1 atom stereocenters. The van der Waals surface area contributed by atoms with Crippen molar-refractivity contribution < 1.29 is 14.3 Å². The van der Waals surface area contributed by atoms with E-state index < -0.39 is 0 Å². The molecule has 126 valence electrons. The number of rotatable bonds is 2. The fourth-order valence-electron chi connectivity index (χ4n) is 4.05. The minimum Gasteiger partial charge on any atom is -0.469 e. The third kappa shape index (κ3) is 2.91. The Morgan fingerprint density at radius 1 is 1.32 bits per heavy atom. The lowest BCUT2D eigenvalue weighted by molar-refractivity contribution is -0.146. The second-order valence-corrected chi connectivity index (χ2v) is 6.76. The van der Waals surface area contributed by atoms with E-state index in [-0.39, 0.29) is 41.9 Å². The first-order valence-electron chi connectivity index (χ1n) is 7.92. The van der Waals surface area contributed by atoms with Crippen LogP contribution in [0, 0.1) is 5.92 Å². The SMILES string of the molecule is COC(=O)C1CCC(N2C[C@]3(C)CNCCN3C2=O)CC1.Cl. The zero-order chi connectivity index (χ0) is 15.0. The van der Waals surface area contributed by atoms with Crippen molar-refractivity contribution in [3.8, 4) is 0 Å². The number of urea groups is 1. The first-order chi connectivity index (χ1) is 10.0. The van der Waals surface area contributed by atoms with Crippen molar-refractivity contribution >= 4 is 24.4 Å². The second-order valence-electron chi connectivity index (χ2n) is 6.76. The highest BCUT2D eigenvalue weighted by atomic mass is 35.5. The molecule has 0 aromatic rings. The molecule has 1 saturated carbocycles. The summed E-state index contributed by atoms with van der Waals surface area (Å²) in [6, 6.07) is 0.460. The van der Waals surface area contributed by atoms with E-state index in [4.69, 9.17) is 4.74 Å². The van der Waals surface area contributed by atoms with E-state index >= 15 is 0 Å². The van der Waals surface area contributed by atoms with Gasteiger partial charge in [-0.15, -0.1) is 12.4 Å². The smallest absolute Gasteiger partial charge is 0.320 e. The van der Waals surface area contributed by atoms with Gasteiger partial charge in [-0.25, -0.2) is 4.79 Å². The lowest BCUT2D eigenvalue weighted by Crippen LogP contribution is -2.58. The number of nitrogens with one attached hydrogen (secondary N) is 1. The van der Waals surface area contributed by atoms with Crippen molar-refractivity contribution in [3.05, 3.63) is 0 Å². The third-order valence-corrected chi connectivity index (χ3v) is 5.33. The molecule has 6 nitrogen and oxygen atoms in total. The van der Waals surface area contributed by atoms with Gasteiger partial charge in [-0.05, 0) is 32.6 Å². The van der Waals surface area contributed by atoms with Crippen molar-refractivity contribution in [2.24, 2.45) is 5.92 Å². The summed E-state index contributed by atoms with van der Waals surface area (Å²) in [5.74, 6) is -0.0847. The van der Waals surface area contributed by atoms with Crippen molar-refractivity contribution in [1.29, 1.82) is 0 Å². The maximum Gasteiger partial charge on any atom is 0.320 e. The Morgan fingerprint density at radius 3 is 2.59 bits per heavy atom. The molecule has 0 spiro atoms. The standard InChI is InChI=1S/C15H25N3O3.ClH/c1-15-9-16-7-8-18(15)14(20)17(10-15)12-5-3-11(4-6-12)13(19)21-2;/h11-12,16H,3-10H2,1-2H3;1H/t11?,12?,15-;/m0./s1. The molecule has 2 saturated heterocycles. The van der Waals surface area contributed by atoms with Crippen molar-refractivity contribution in [1.82, 2.24) is 15.1 Å². The highest BCUT2D eigenvalue weighted by Crippen LogP contribution is 2.35. The minimum absolute atomic E-state index is 0. The van der Waals surface area contributed by atoms with Crippen LogP contribution in [0.2, 0.25) is 0 Å². The Balaban J connectivity index is 0.00000176. The maximum absolute atomic E-state index is 12.6. The molecule has 0 radical (unpaired) electrons. The maximum atomic E-state index is 12.6. The van der Waals surface area contributed by atoms with Crippen LogP contribution in [0.15, 0.2) is 0 Å². The van der Waals surface area contributed by atoms with Gasteiger partial charge < -0.3 is 19.9 Å². The quantitative estimate of drug-likeness (QED) is 0.773. The monoisotopic (exact) mass is 331 g/mol. The van der Waals surface area contributed by atoms with E-state index in [1.807, 2.05) is 9.80 Å². The molecule has 2 amide bonds. The summed E-state index contributed by atoms with van der Waals surface area (Å²) >= 11 is 0. The lowest BCUT2D eigenvalue weighted by Gasteiger charge is -2.38. The van der Waals surface area contributed by atoms with Gasteiger partial charge in [0.2, 0.25) is 0 Å². The van der Waals surface area contributed by atoms with E-state index in [1.165, 1.54) is 7.11 Å². The van der Waals surface area contributed by atoms with Crippen LogP contribution in [0.3, 0.4) is 0 Å². The summed E-state index contributed by atoms with van der Waals surface area (Å²) < 4.78 is 4.83. The van der Waals surface area contributed by atoms with E-state index in [1.54, 1.807) is 0 Å². The number of amides is 2. The largest absolute Gasteiger partial charge is 0.469 e. The number of hydrogen-bond acceptors (Lipinski definition) is 4. The number of piperazine rings is 1. The molecule has 3 rings (SSSR count). The van der Waals surface area contributed by atoms with Gasteiger partial charge in [0.25, 0.3) is 0 Å². The molecule has 22 heavy (non-hydrogen) atoms. The van der Waals surface area contributed by atoms with Crippen molar-refractivity contribution in [3.63, 3.8) is 0 Å². The normalized spacial score (nSPS) is 34.9. The van der Waals surface area contributed by atoms with Gasteiger partial charge in [0.15, 0.2) is 0 Å². The lowest BCUT2D eigenvalue weighted by atomic mass is 9.85. The Bertz CT molecular complexity index is 440. The first kappa shape index (κ1) is 17.3. The molecule has 1 aliphatic carbocycles. The van der Waals surface area contributed by atoms with E-state index in [0.717, 1.165) is 51.9 Å². The summed E-state index contributed by atoms with van der Waals surface area (Å²) in [4.78, 5) is 28.3. The van der Waals surface area contributed by atoms with Gasteiger partial charge >= 0.3 is 12.0 Å². The minimum atomic E-state index is -0.102. The van der Waals surface area contributed by atoms with Gasteiger partial charge in [-0.2, -0.15) is 0 Å². The molecular weight excluding hydrogens is 306 g/mol. The third-order valence-electron chi connectivity index (χ3n) is 5.33. The molecule has 0 aromatic carbocycles.